The fourth-order valence-corrected chi connectivity index (χ4v) is 2.59. The van der Waals surface area contributed by atoms with Gasteiger partial charge in [0, 0.05) is 18.3 Å². The molecule has 0 unspecified atom stereocenters. The van der Waals surface area contributed by atoms with Crippen molar-refractivity contribution in [3.05, 3.63) is 53.7 Å². The zero-order valence-electron chi connectivity index (χ0n) is 13.6. The van der Waals surface area contributed by atoms with Gasteiger partial charge in [0.25, 0.3) is 5.91 Å². The summed E-state index contributed by atoms with van der Waals surface area (Å²) in [4.78, 5) is 35.6. The van der Waals surface area contributed by atoms with Gasteiger partial charge in [-0.2, -0.15) is 0 Å². The van der Waals surface area contributed by atoms with Gasteiger partial charge in [-0.3, -0.25) is 9.69 Å². The van der Waals surface area contributed by atoms with Gasteiger partial charge in [-0.25, -0.2) is 9.98 Å². The van der Waals surface area contributed by atoms with Gasteiger partial charge in [0.1, 0.15) is 17.3 Å². The average Bonchev–Trinajstić information content (AvgIpc) is 3.20. The maximum Gasteiger partial charge on any atom is 0.278 e. The van der Waals surface area contributed by atoms with Gasteiger partial charge < -0.3 is 25.7 Å². The first kappa shape index (κ1) is 17.4. The fraction of sp³-hybridized carbons (Fsp3) is 0.176. The predicted octanol–water partition coefficient (Wildman–Crippen LogP) is -0.983. The van der Waals surface area contributed by atoms with E-state index >= 15 is 0 Å². The van der Waals surface area contributed by atoms with Crippen molar-refractivity contribution in [3.63, 3.8) is 0 Å². The largest absolute Gasteiger partial charge is 0.548 e. The number of phenols is 1. The zero-order chi connectivity index (χ0) is 18.7. The Morgan fingerprint density at radius 1 is 1.38 bits per heavy atom. The van der Waals surface area contributed by atoms with Crippen molar-refractivity contribution in [1.29, 1.82) is 0 Å². The number of nitrogens with one attached hydrogen (secondary N) is 1. The van der Waals surface area contributed by atoms with Crippen molar-refractivity contribution in [2.45, 2.75) is 12.5 Å². The van der Waals surface area contributed by atoms with Crippen LogP contribution >= 0.6 is 0 Å². The molecule has 9 heteroatoms. The summed E-state index contributed by atoms with van der Waals surface area (Å²) in [6.45, 7) is -0.638. The molecule has 0 spiro atoms. The number of benzene rings is 1. The standard InChI is InChI=1S/C17H17N5O4/c18-13(6-11-7-19-9-20-11)16-21-14(17(26)22(16)8-15(24)25)5-10-1-3-12(23)4-2-10/h1-5,7,9,13,23H,6,8,18H2,(H,19,20)(H,24,25)/p-1/b14-5+/t13-/m0/s1. The summed E-state index contributed by atoms with van der Waals surface area (Å²) in [5, 5.41) is 20.4. The third-order valence-electron chi connectivity index (χ3n) is 3.79. The summed E-state index contributed by atoms with van der Waals surface area (Å²) in [6.07, 6.45) is 4.90. The van der Waals surface area contributed by atoms with Crippen LogP contribution < -0.4 is 10.8 Å². The molecular weight excluding hydrogens is 338 g/mol. The van der Waals surface area contributed by atoms with E-state index in [4.69, 9.17) is 5.73 Å². The first-order chi connectivity index (χ1) is 12.4. The minimum atomic E-state index is -1.41. The van der Waals surface area contributed by atoms with Crippen LogP contribution in [-0.4, -0.2) is 50.3 Å². The second kappa shape index (κ2) is 7.19. The number of imidazole rings is 1. The molecule has 1 aliphatic rings. The Kier molecular flexibility index (Phi) is 4.81. The van der Waals surface area contributed by atoms with Crippen LogP contribution in [0.15, 0.2) is 47.5 Å². The molecule has 0 fully saturated rings. The van der Waals surface area contributed by atoms with Gasteiger partial charge in [0.05, 0.1) is 24.9 Å². The molecule has 3 rings (SSSR count). The number of H-pyrrole nitrogens is 1. The van der Waals surface area contributed by atoms with Crippen LogP contribution in [-0.2, 0) is 16.0 Å². The minimum Gasteiger partial charge on any atom is -0.548 e. The molecule has 134 valence electrons. The van der Waals surface area contributed by atoms with E-state index in [1.165, 1.54) is 24.5 Å². The third-order valence-corrected chi connectivity index (χ3v) is 3.79. The molecule has 0 saturated heterocycles. The summed E-state index contributed by atoms with van der Waals surface area (Å²) in [7, 11) is 0. The Labute approximate surface area is 148 Å². The van der Waals surface area contributed by atoms with Gasteiger partial charge in [-0.05, 0) is 23.8 Å². The number of nitrogens with two attached hydrogens (primary N) is 1. The van der Waals surface area contributed by atoms with Crippen LogP contribution in [0.4, 0.5) is 0 Å². The summed E-state index contributed by atoms with van der Waals surface area (Å²) in [6, 6.07) is 5.45. The molecule has 1 aromatic carbocycles. The lowest BCUT2D eigenvalue weighted by atomic mass is 10.1. The molecule has 1 atom stereocenters. The highest BCUT2D eigenvalue weighted by molar-refractivity contribution is 6.16. The number of aromatic nitrogens is 2. The molecule has 0 aliphatic carbocycles. The van der Waals surface area contributed by atoms with Crippen molar-refractivity contribution in [2.75, 3.05) is 6.54 Å². The fourth-order valence-electron chi connectivity index (χ4n) is 2.59. The SMILES string of the molecule is N[C@@H](Cc1cnc[nH]1)C1=N/C(=C/c2ccc(O)cc2)C(=O)N1CC(=O)[O-]. The molecule has 1 aliphatic heterocycles. The maximum absolute atomic E-state index is 12.6. The number of carboxylic acids is 1. The summed E-state index contributed by atoms with van der Waals surface area (Å²) in [5.41, 5.74) is 7.55. The molecule has 2 aromatic rings. The van der Waals surface area contributed by atoms with Crippen molar-refractivity contribution in [2.24, 2.45) is 10.7 Å². The molecule has 1 amide bonds. The Morgan fingerprint density at radius 3 is 2.73 bits per heavy atom. The quantitative estimate of drug-likeness (QED) is 0.568. The Hall–Kier alpha value is -3.46. The number of hydrogen-bond donors (Lipinski definition) is 3. The lowest BCUT2D eigenvalue weighted by molar-refractivity contribution is -0.305. The molecule has 1 aromatic heterocycles. The van der Waals surface area contributed by atoms with Crippen molar-refractivity contribution >= 4 is 23.8 Å². The van der Waals surface area contributed by atoms with Crippen molar-refractivity contribution in [1.82, 2.24) is 14.9 Å². The number of aliphatic imine (C=N–C) groups is 1. The number of hydrogen-bond acceptors (Lipinski definition) is 7. The Bertz CT molecular complexity index is 871. The van der Waals surface area contributed by atoms with Gasteiger partial charge in [-0.15, -0.1) is 0 Å². The Balaban J connectivity index is 1.90. The van der Waals surface area contributed by atoms with Gasteiger partial charge in [0.15, 0.2) is 0 Å². The number of nitrogens with zero attached hydrogens (tertiary/aromatic N) is 3. The zero-order valence-corrected chi connectivity index (χ0v) is 13.6. The number of aliphatic carboxylic acids is 1. The normalized spacial score (nSPS) is 16.8. The second-order valence-electron chi connectivity index (χ2n) is 5.74. The monoisotopic (exact) mass is 354 g/mol. The van der Waals surface area contributed by atoms with Gasteiger partial charge >= 0.3 is 0 Å². The minimum absolute atomic E-state index is 0.0620. The maximum atomic E-state index is 12.6. The van der Waals surface area contributed by atoms with E-state index in [1.54, 1.807) is 18.3 Å². The second-order valence-corrected chi connectivity index (χ2v) is 5.74. The van der Waals surface area contributed by atoms with E-state index < -0.39 is 24.5 Å². The van der Waals surface area contributed by atoms with Crippen molar-refractivity contribution < 1.29 is 19.8 Å². The highest BCUT2D eigenvalue weighted by Gasteiger charge is 2.33. The highest BCUT2D eigenvalue weighted by atomic mass is 16.4. The van der Waals surface area contributed by atoms with E-state index in [1.807, 2.05) is 0 Å². The topological polar surface area (TPSA) is 148 Å². The number of carboxylic acid groups (broad SMARTS) is 1. The molecule has 0 radical (unpaired) electrons. The number of phenolic OH excluding ortho intramolecular Hbond substituents is 1. The lowest BCUT2D eigenvalue weighted by Gasteiger charge is -2.22. The highest BCUT2D eigenvalue weighted by Crippen LogP contribution is 2.21. The van der Waals surface area contributed by atoms with Crippen LogP contribution in [0.3, 0.4) is 0 Å². The number of amidine groups is 1. The molecule has 0 saturated carbocycles. The average molecular weight is 354 g/mol. The number of amides is 1. The van der Waals surface area contributed by atoms with Crippen LogP contribution in [0, 0.1) is 0 Å². The van der Waals surface area contributed by atoms with E-state index in [2.05, 4.69) is 15.0 Å². The van der Waals surface area contributed by atoms with Gasteiger partial charge in [-0.1, -0.05) is 12.1 Å². The molecule has 2 heterocycles. The van der Waals surface area contributed by atoms with Crippen LogP contribution in [0.2, 0.25) is 0 Å². The summed E-state index contributed by atoms with van der Waals surface area (Å²) < 4.78 is 0. The number of rotatable bonds is 6. The molecule has 9 nitrogen and oxygen atoms in total. The molecule has 26 heavy (non-hydrogen) atoms. The van der Waals surface area contributed by atoms with E-state index in [0.717, 1.165) is 10.6 Å². The van der Waals surface area contributed by atoms with E-state index in [0.29, 0.717) is 12.0 Å². The number of aromatic amines is 1. The predicted molar refractivity (Wildman–Crippen MR) is 90.5 cm³/mol. The number of carbonyl (C=O) groups excluding carboxylic acids is 2. The first-order valence-corrected chi connectivity index (χ1v) is 7.78. The van der Waals surface area contributed by atoms with Crippen molar-refractivity contribution in [3.8, 4) is 5.75 Å². The number of aromatic hydroxyl groups is 1. The van der Waals surface area contributed by atoms with Crippen LogP contribution in [0.5, 0.6) is 5.75 Å². The smallest absolute Gasteiger partial charge is 0.278 e. The lowest BCUT2D eigenvalue weighted by Crippen LogP contribution is -2.49. The number of carbonyl (C=O) groups is 2. The molecule has 0 bridgehead atoms. The van der Waals surface area contributed by atoms with Crippen LogP contribution in [0.1, 0.15) is 11.3 Å². The van der Waals surface area contributed by atoms with Gasteiger partial charge in [0.2, 0.25) is 0 Å². The van der Waals surface area contributed by atoms with E-state index in [-0.39, 0.29) is 17.3 Å². The summed E-state index contributed by atoms with van der Waals surface area (Å²) in [5.74, 6) is -1.74. The third kappa shape index (κ3) is 3.78. The summed E-state index contributed by atoms with van der Waals surface area (Å²) >= 11 is 0. The molecular formula is C17H16N5O4-. The van der Waals surface area contributed by atoms with E-state index in [9.17, 15) is 19.8 Å². The molecule has 4 N–H and O–H groups in total. The Morgan fingerprint density at radius 2 is 2.12 bits per heavy atom. The first-order valence-electron chi connectivity index (χ1n) is 7.78. The van der Waals surface area contributed by atoms with Crippen LogP contribution in [0.25, 0.3) is 6.08 Å².